The van der Waals surface area contributed by atoms with Crippen LogP contribution >= 0.6 is 0 Å². The molecule has 1 aromatic heterocycles. The van der Waals surface area contributed by atoms with Gasteiger partial charge in [-0.25, -0.2) is 4.39 Å². The second-order valence-corrected chi connectivity index (χ2v) is 6.97. The Bertz CT molecular complexity index is 893. The number of nitrogens with zero attached hydrogens (tertiary/aromatic N) is 4. The first-order valence-corrected chi connectivity index (χ1v) is 8.67. The number of nitrogens with one attached hydrogen (secondary N) is 2. The Hall–Kier alpha value is -2.80. The fourth-order valence-electron chi connectivity index (χ4n) is 2.82. The molecule has 1 aliphatic rings. The number of anilines is 2. The first-order chi connectivity index (χ1) is 12.5. The molecule has 134 valence electrons. The molecular weight excluding hydrogens is 331 g/mol. The van der Waals surface area contributed by atoms with Crippen molar-refractivity contribution in [3.8, 4) is 11.4 Å². The van der Waals surface area contributed by atoms with Crippen LogP contribution in [0.2, 0.25) is 0 Å². The van der Waals surface area contributed by atoms with E-state index >= 15 is 0 Å². The summed E-state index contributed by atoms with van der Waals surface area (Å²) in [5.74, 6) is 0.585. The number of aromatic nitrogens is 4. The van der Waals surface area contributed by atoms with Gasteiger partial charge in [-0.3, -0.25) is 0 Å². The second kappa shape index (κ2) is 6.49. The summed E-state index contributed by atoms with van der Waals surface area (Å²) in [5.41, 5.74) is 1.93. The van der Waals surface area contributed by atoms with Gasteiger partial charge in [0.25, 0.3) is 0 Å². The van der Waals surface area contributed by atoms with E-state index in [4.69, 9.17) is 0 Å². The summed E-state index contributed by atoms with van der Waals surface area (Å²) in [5, 5.41) is 19.5. The highest BCUT2D eigenvalue weighted by molar-refractivity contribution is 5.77. The fourth-order valence-corrected chi connectivity index (χ4v) is 2.82. The number of halogens is 1. The molecule has 2 aromatic carbocycles. The Morgan fingerprint density at radius 3 is 2.50 bits per heavy atom. The molecule has 1 fully saturated rings. The highest BCUT2D eigenvalue weighted by Crippen LogP contribution is 2.30. The summed E-state index contributed by atoms with van der Waals surface area (Å²) in [6.45, 7) is 4.84. The fraction of sp³-hybridized carbons (Fsp3) is 0.316. The van der Waals surface area contributed by atoms with E-state index < -0.39 is 5.67 Å². The number of hydrogen-bond acceptors (Lipinski definition) is 5. The Kier molecular flexibility index (Phi) is 4.16. The van der Waals surface area contributed by atoms with Crippen molar-refractivity contribution in [1.82, 2.24) is 25.5 Å². The van der Waals surface area contributed by atoms with Crippen molar-refractivity contribution in [2.75, 3.05) is 18.4 Å². The average Bonchev–Trinajstić information content (AvgIpc) is 3.02. The van der Waals surface area contributed by atoms with Crippen LogP contribution in [0.4, 0.5) is 15.8 Å². The number of rotatable bonds is 5. The summed E-state index contributed by atoms with van der Waals surface area (Å²) in [6.07, 6.45) is 0. The van der Waals surface area contributed by atoms with Gasteiger partial charge in [-0.05, 0) is 48.9 Å². The van der Waals surface area contributed by atoms with Crippen molar-refractivity contribution in [3.63, 3.8) is 0 Å². The maximum absolute atomic E-state index is 14.0. The van der Waals surface area contributed by atoms with Crippen molar-refractivity contribution in [2.24, 2.45) is 0 Å². The van der Waals surface area contributed by atoms with Crippen LogP contribution in [-0.2, 0) is 5.67 Å². The van der Waals surface area contributed by atoms with Crippen molar-refractivity contribution in [2.45, 2.75) is 25.6 Å². The molecule has 0 atom stereocenters. The lowest BCUT2D eigenvalue weighted by Gasteiger charge is -2.24. The van der Waals surface area contributed by atoms with Crippen LogP contribution < -0.4 is 10.6 Å². The van der Waals surface area contributed by atoms with Gasteiger partial charge in [0.15, 0.2) is 0 Å². The molecule has 3 aromatic rings. The summed E-state index contributed by atoms with van der Waals surface area (Å²) in [6, 6.07) is 15.4. The van der Waals surface area contributed by atoms with Crippen molar-refractivity contribution >= 4 is 11.4 Å². The van der Waals surface area contributed by atoms with Gasteiger partial charge in [0.05, 0.1) is 6.04 Å². The molecule has 0 amide bonds. The van der Waals surface area contributed by atoms with E-state index in [2.05, 4.69) is 26.0 Å². The van der Waals surface area contributed by atoms with Crippen LogP contribution in [0.5, 0.6) is 0 Å². The second-order valence-electron chi connectivity index (χ2n) is 6.97. The predicted octanol–water partition coefficient (Wildman–Crippen LogP) is 3.43. The third kappa shape index (κ3) is 3.30. The highest BCUT2D eigenvalue weighted by Gasteiger charge is 2.22. The number of benzene rings is 2. The zero-order valence-electron chi connectivity index (χ0n) is 14.8. The molecule has 2 N–H and O–H groups in total. The van der Waals surface area contributed by atoms with E-state index in [1.165, 1.54) is 0 Å². The van der Waals surface area contributed by atoms with E-state index in [0.29, 0.717) is 11.4 Å². The summed E-state index contributed by atoms with van der Waals surface area (Å²) < 4.78 is 14.0. The SMILES string of the molecule is CC(C)(F)c1ccc(Nc2ccccc2-c2nnn(C3CNC3)n2)cc1. The molecule has 1 saturated heterocycles. The minimum atomic E-state index is -1.35. The van der Waals surface area contributed by atoms with Gasteiger partial charge in [0.2, 0.25) is 5.82 Å². The lowest BCUT2D eigenvalue weighted by molar-refractivity contribution is 0.221. The van der Waals surface area contributed by atoms with Gasteiger partial charge in [0, 0.05) is 30.0 Å². The van der Waals surface area contributed by atoms with Gasteiger partial charge in [0.1, 0.15) is 5.67 Å². The molecule has 0 aliphatic carbocycles. The quantitative estimate of drug-likeness (QED) is 0.736. The first-order valence-electron chi connectivity index (χ1n) is 8.67. The van der Waals surface area contributed by atoms with Gasteiger partial charge >= 0.3 is 0 Å². The molecule has 4 rings (SSSR count). The molecule has 26 heavy (non-hydrogen) atoms. The molecule has 7 heteroatoms. The Labute approximate surface area is 151 Å². The normalized spacial score (nSPS) is 14.9. The van der Waals surface area contributed by atoms with Crippen LogP contribution in [0.3, 0.4) is 0 Å². The topological polar surface area (TPSA) is 67.7 Å². The molecule has 0 bridgehead atoms. The van der Waals surface area contributed by atoms with Gasteiger partial charge in [-0.1, -0.05) is 24.3 Å². The van der Waals surface area contributed by atoms with E-state index in [-0.39, 0.29) is 6.04 Å². The molecule has 1 aliphatic heterocycles. The third-order valence-electron chi connectivity index (χ3n) is 4.53. The first kappa shape index (κ1) is 16.7. The predicted molar refractivity (Wildman–Crippen MR) is 99.0 cm³/mol. The number of tetrazole rings is 1. The maximum Gasteiger partial charge on any atom is 0.207 e. The van der Waals surface area contributed by atoms with E-state index in [0.717, 1.165) is 30.0 Å². The summed E-state index contributed by atoms with van der Waals surface area (Å²) in [7, 11) is 0. The van der Waals surface area contributed by atoms with Crippen molar-refractivity contribution < 1.29 is 4.39 Å². The summed E-state index contributed by atoms with van der Waals surface area (Å²) in [4.78, 5) is 1.67. The molecule has 6 nitrogen and oxygen atoms in total. The van der Waals surface area contributed by atoms with E-state index in [9.17, 15) is 4.39 Å². The third-order valence-corrected chi connectivity index (χ3v) is 4.53. The monoisotopic (exact) mass is 352 g/mol. The number of para-hydroxylation sites is 1. The average molecular weight is 352 g/mol. The maximum atomic E-state index is 14.0. The Morgan fingerprint density at radius 1 is 1.12 bits per heavy atom. The molecule has 2 heterocycles. The molecule has 0 unspecified atom stereocenters. The largest absolute Gasteiger partial charge is 0.355 e. The van der Waals surface area contributed by atoms with Crippen LogP contribution in [-0.4, -0.2) is 33.3 Å². The van der Waals surface area contributed by atoms with Gasteiger partial charge in [-0.15, -0.1) is 10.2 Å². The highest BCUT2D eigenvalue weighted by atomic mass is 19.1. The molecular formula is C19H21FN6. The van der Waals surface area contributed by atoms with E-state index in [1.54, 1.807) is 30.8 Å². The number of alkyl halides is 1. The smallest absolute Gasteiger partial charge is 0.207 e. The minimum absolute atomic E-state index is 0.271. The molecule has 0 radical (unpaired) electrons. The zero-order valence-corrected chi connectivity index (χ0v) is 14.8. The van der Waals surface area contributed by atoms with Crippen molar-refractivity contribution in [1.29, 1.82) is 0 Å². The molecule has 0 spiro atoms. The summed E-state index contributed by atoms with van der Waals surface area (Å²) >= 11 is 0. The standard InChI is InChI=1S/C19H21FN6/c1-19(2,20)13-7-9-14(10-8-13)22-17-6-4-3-5-16(17)18-23-25-26(24-18)15-11-21-12-15/h3-10,15,21-22H,11-12H2,1-2H3. The Morgan fingerprint density at radius 2 is 1.85 bits per heavy atom. The lowest BCUT2D eigenvalue weighted by atomic mass is 10.00. The Balaban J connectivity index is 1.59. The van der Waals surface area contributed by atoms with Crippen LogP contribution in [0.1, 0.15) is 25.5 Å². The zero-order chi connectivity index (χ0) is 18.1. The van der Waals surface area contributed by atoms with Crippen LogP contribution in [0.25, 0.3) is 11.4 Å². The lowest BCUT2D eigenvalue weighted by Crippen LogP contribution is -2.44. The molecule has 0 saturated carbocycles. The van der Waals surface area contributed by atoms with E-state index in [1.807, 2.05) is 36.4 Å². The van der Waals surface area contributed by atoms with Crippen molar-refractivity contribution in [3.05, 3.63) is 54.1 Å². The van der Waals surface area contributed by atoms with Crippen LogP contribution in [0.15, 0.2) is 48.5 Å². The minimum Gasteiger partial charge on any atom is -0.355 e. The van der Waals surface area contributed by atoms with Gasteiger partial charge in [-0.2, -0.15) is 4.80 Å². The number of hydrogen-bond donors (Lipinski definition) is 2. The van der Waals surface area contributed by atoms with Gasteiger partial charge < -0.3 is 10.6 Å². The van der Waals surface area contributed by atoms with Crippen LogP contribution in [0, 0.1) is 0 Å².